The molecule has 0 spiro atoms. The summed E-state index contributed by atoms with van der Waals surface area (Å²) in [5.74, 6) is 0. The fraction of sp³-hybridized carbons (Fsp3) is 0.125. The van der Waals surface area contributed by atoms with Gasteiger partial charge in [-0.3, -0.25) is 0 Å². The molecule has 2 nitrogen and oxygen atoms in total. The van der Waals surface area contributed by atoms with Gasteiger partial charge in [0.05, 0.1) is 11.9 Å². The largest absolute Gasteiger partial charge is 0.317 e. The van der Waals surface area contributed by atoms with E-state index in [2.05, 4.69) is 4.72 Å². The van der Waals surface area contributed by atoms with E-state index in [1.165, 1.54) is 0 Å². The van der Waals surface area contributed by atoms with Crippen LogP contribution in [0.4, 0.5) is 5.69 Å². The SMILES string of the molecule is Cc1ccccc1NSC#N. The van der Waals surface area contributed by atoms with Crippen LogP contribution in [0.2, 0.25) is 0 Å². The second kappa shape index (κ2) is 3.89. The zero-order valence-corrected chi connectivity index (χ0v) is 6.98. The molecule has 0 aliphatic carbocycles. The summed E-state index contributed by atoms with van der Waals surface area (Å²) in [5.41, 5.74) is 2.15. The van der Waals surface area contributed by atoms with Gasteiger partial charge in [0, 0.05) is 5.69 Å². The normalized spacial score (nSPS) is 8.73. The van der Waals surface area contributed by atoms with E-state index in [-0.39, 0.29) is 0 Å². The smallest absolute Gasteiger partial charge is 0.155 e. The first kappa shape index (κ1) is 7.96. The topological polar surface area (TPSA) is 35.8 Å². The summed E-state index contributed by atoms with van der Waals surface area (Å²) >= 11 is 1.03. The van der Waals surface area contributed by atoms with E-state index < -0.39 is 0 Å². The van der Waals surface area contributed by atoms with Gasteiger partial charge in [0.2, 0.25) is 0 Å². The third kappa shape index (κ3) is 2.17. The highest BCUT2D eigenvalue weighted by Crippen LogP contribution is 2.16. The van der Waals surface area contributed by atoms with E-state index in [1.54, 1.807) is 0 Å². The lowest BCUT2D eigenvalue weighted by atomic mass is 10.2. The fourth-order valence-electron chi connectivity index (χ4n) is 0.765. The van der Waals surface area contributed by atoms with Crippen LogP contribution in [0, 0.1) is 17.6 Å². The van der Waals surface area contributed by atoms with Crippen molar-refractivity contribution in [2.45, 2.75) is 6.92 Å². The van der Waals surface area contributed by atoms with Crippen molar-refractivity contribution >= 4 is 17.6 Å². The molecule has 0 unspecified atom stereocenters. The van der Waals surface area contributed by atoms with Gasteiger partial charge in [-0.1, -0.05) is 18.2 Å². The van der Waals surface area contributed by atoms with Crippen LogP contribution < -0.4 is 4.72 Å². The van der Waals surface area contributed by atoms with Crippen LogP contribution in [0.15, 0.2) is 24.3 Å². The summed E-state index contributed by atoms with van der Waals surface area (Å²) in [6, 6.07) is 7.85. The standard InChI is InChI=1S/C8H8N2S/c1-7-4-2-3-5-8(7)10-11-6-9/h2-5,10H,1H3. The molecule has 0 amide bonds. The van der Waals surface area contributed by atoms with Crippen molar-refractivity contribution in [3.8, 4) is 5.40 Å². The fourth-order valence-corrected chi connectivity index (χ4v) is 1.15. The molecule has 0 heterocycles. The van der Waals surface area contributed by atoms with Crippen molar-refractivity contribution in [2.75, 3.05) is 4.72 Å². The van der Waals surface area contributed by atoms with Crippen molar-refractivity contribution in [3.63, 3.8) is 0 Å². The zero-order chi connectivity index (χ0) is 8.10. The molecule has 0 radical (unpaired) electrons. The number of hydrogen-bond donors (Lipinski definition) is 1. The Labute approximate surface area is 70.4 Å². The van der Waals surface area contributed by atoms with E-state index in [0.29, 0.717) is 0 Å². The van der Waals surface area contributed by atoms with Crippen LogP contribution in [0.25, 0.3) is 0 Å². The van der Waals surface area contributed by atoms with Crippen molar-refractivity contribution in [1.82, 2.24) is 0 Å². The molecule has 0 aromatic heterocycles. The highest BCUT2D eigenvalue weighted by Gasteiger charge is 1.93. The maximum absolute atomic E-state index is 8.27. The van der Waals surface area contributed by atoms with Crippen LogP contribution in [0.5, 0.6) is 0 Å². The Balaban J connectivity index is 2.71. The van der Waals surface area contributed by atoms with Crippen molar-refractivity contribution in [3.05, 3.63) is 29.8 Å². The van der Waals surface area contributed by atoms with E-state index >= 15 is 0 Å². The molecule has 0 bridgehead atoms. The lowest BCUT2D eigenvalue weighted by molar-refractivity contribution is 1.47. The minimum Gasteiger partial charge on any atom is -0.317 e. The number of aryl methyl sites for hydroxylation is 1. The zero-order valence-electron chi connectivity index (χ0n) is 6.16. The Hall–Kier alpha value is -1.14. The van der Waals surface area contributed by atoms with Crippen LogP contribution in [-0.4, -0.2) is 0 Å². The van der Waals surface area contributed by atoms with Crippen LogP contribution >= 0.6 is 11.9 Å². The highest BCUT2D eigenvalue weighted by molar-refractivity contribution is 8.04. The number of benzene rings is 1. The van der Waals surface area contributed by atoms with Gasteiger partial charge in [-0.15, -0.1) is 0 Å². The number of nitrogens with one attached hydrogen (secondary N) is 1. The summed E-state index contributed by atoms with van der Waals surface area (Å²) in [4.78, 5) is 0. The van der Waals surface area contributed by atoms with Gasteiger partial charge in [0.15, 0.2) is 5.40 Å². The summed E-state index contributed by atoms with van der Waals surface area (Å²) in [6.07, 6.45) is 0. The van der Waals surface area contributed by atoms with Gasteiger partial charge < -0.3 is 4.72 Å². The average Bonchev–Trinajstić information content (AvgIpc) is 2.03. The van der Waals surface area contributed by atoms with Gasteiger partial charge in [0.1, 0.15) is 0 Å². The van der Waals surface area contributed by atoms with E-state index in [1.807, 2.05) is 36.6 Å². The lowest BCUT2D eigenvalue weighted by Gasteiger charge is -2.02. The molecule has 0 saturated heterocycles. The average molecular weight is 164 g/mol. The van der Waals surface area contributed by atoms with E-state index in [0.717, 1.165) is 23.2 Å². The summed E-state index contributed by atoms with van der Waals surface area (Å²) in [6.45, 7) is 2.00. The monoisotopic (exact) mass is 164 g/mol. The Kier molecular flexibility index (Phi) is 2.82. The van der Waals surface area contributed by atoms with Gasteiger partial charge >= 0.3 is 0 Å². The quantitative estimate of drug-likeness (QED) is 0.539. The Morgan fingerprint density at radius 3 is 2.82 bits per heavy atom. The van der Waals surface area contributed by atoms with Gasteiger partial charge in [-0.25, -0.2) is 0 Å². The first-order valence-corrected chi connectivity index (χ1v) is 4.03. The molecule has 1 N–H and O–H groups in total. The molecule has 0 atom stereocenters. The number of anilines is 1. The molecule has 0 aliphatic heterocycles. The summed E-state index contributed by atoms with van der Waals surface area (Å²) < 4.78 is 2.92. The Morgan fingerprint density at radius 2 is 2.18 bits per heavy atom. The minimum atomic E-state index is 0.999. The van der Waals surface area contributed by atoms with Crippen molar-refractivity contribution in [2.24, 2.45) is 0 Å². The second-order valence-corrected chi connectivity index (χ2v) is 2.70. The van der Waals surface area contributed by atoms with Crippen LogP contribution in [0.1, 0.15) is 5.56 Å². The maximum Gasteiger partial charge on any atom is 0.155 e. The molecule has 0 fully saturated rings. The molecular weight excluding hydrogens is 156 g/mol. The van der Waals surface area contributed by atoms with E-state index in [9.17, 15) is 0 Å². The number of rotatable bonds is 2. The van der Waals surface area contributed by atoms with Gasteiger partial charge in [0.25, 0.3) is 0 Å². The van der Waals surface area contributed by atoms with Gasteiger partial charge in [-0.2, -0.15) is 5.26 Å². The molecular formula is C8H8N2S. The molecule has 1 aromatic rings. The van der Waals surface area contributed by atoms with Crippen molar-refractivity contribution in [1.29, 1.82) is 5.26 Å². The molecule has 1 rings (SSSR count). The minimum absolute atomic E-state index is 0.999. The van der Waals surface area contributed by atoms with E-state index in [4.69, 9.17) is 5.26 Å². The maximum atomic E-state index is 8.27. The molecule has 11 heavy (non-hydrogen) atoms. The Bertz CT molecular complexity index is 278. The predicted molar refractivity (Wildman–Crippen MR) is 48.0 cm³/mol. The molecule has 0 aliphatic rings. The predicted octanol–water partition coefficient (Wildman–Crippen LogP) is 2.54. The summed E-state index contributed by atoms with van der Waals surface area (Å²) in [7, 11) is 0. The second-order valence-electron chi connectivity index (χ2n) is 2.11. The molecule has 1 aromatic carbocycles. The first-order chi connectivity index (χ1) is 5.34. The van der Waals surface area contributed by atoms with Crippen molar-refractivity contribution < 1.29 is 0 Å². The summed E-state index contributed by atoms with van der Waals surface area (Å²) in [5, 5.41) is 10.2. The van der Waals surface area contributed by atoms with Crippen LogP contribution in [0.3, 0.4) is 0 Å². The molecule has 3 heteroatoms. The number of para-hydroxylation sites is 1. The van der Waals surface area contributed by atoms with Gasteiger partial charge in [-0.05, 0) is 18.6 Å². The third-order valence-electron chi connectivity index (χ3n) is 1.35. The number of nitrogens with zero attached hydrogens (tertiary/aromatic N) is 1. The van der Waals surface area contributed by atoms with Crippen LogP contribution in [-0.2, 0) is 0 Å². The number of nitriles is 1. The lowest BCUT2D eigenvalue weighted by Crippen LogP contribution is -1.86. The number of thiocyanates is 1. The molecule has 56 valence electrons. The highest BCUT2D eigenvalue weighted by atomic mass is 32.2. The number of hydrogen-bond acceptors (Lipinski definition) is 3. The molecule has 0 saturated carbocycles. The Morgan fingerprint density at radius 1 is 1.45 bits per heavy atom. The first-order valence-electron chi connectivity index (χ1n) is 3.21. The third-order valence-corrected chi connectivity index (χ3v) is 1.76.